The van der Waals surface area contributed by atoms with Crippen molar-refractivity contribution < 1.29 is 4.79 Å². The van der Waals surface area contributed by atoms with Gasteiger partial charge in [0.2, 0.25) is 5.91 Å². The summed E-state index contributed by atoms with van der Waals surface area (Å²) in [6.45, 7) is 0.694. The highest BCUT2D eigenvalue weighted by Crippen LogP contribution is 2.50. The standard InChI is InChI=1S/C15H18ClNO/c16-10-11-17(13-6-7-13)14(18)15(8-9-15)12-4-2-1-3-5-12/h1-5,13H,6-11H2. The molecule has 1 amide bonds. The molecule has 0 radical (unpaired) electrons. The number of alkyl halides is 1. The van der Waals surface area contributed by atoms with E-state index >= 15 is 0 Å². The van der Waals surface area contributed by atoms with Crippen LogP contribution < -0.4 is 0 Å². The molecule has 1 aromatic carbocycles. The van der Waals surface area contributed by atoms with Gasteiger partial charge in [0.1, 0.15) is 0 Å². The topological polar surface area (TPSA) is 20.3 Å². The molecule has 2 aliphatic carbocycles. The van der Waals surface area contributed by atoms with Crippen molar-refractivity contribution in [1.82, 2.24) is 4.90 Å². The van der Waals surface area contributed by atoms with Crippen molar-refractivity contribution in [1.29, 1.82) is 0 Å². The first-order valence-corrected chi connectivity index (χ1v) is 7.24. The van der Waals surface area contributed by atoms with E-state index in [0.717, 1.165) is 25.7 Å². The van der Waals surface area contributed by atoms with E-state index in [0.29, 0.717) is 24.4 Å². The average Bonchev–Trinajstić information content (AvgIpc) is 3.30. The molecule has 0 saturated heterocycles. The van der Waals surface area contributed by atoms with E-state index < -0.39 is 0 Å². The molecule has 0 N–H and O–H groups in total. The molecule has 2 fully saturated rings. The molecule has 2 saturated carbocycles. The molecule has 0 aromatic heterocycles. The lowest BCUT2D eigenvalue weighted by Gasteiger charge is -2.27. The van der Waals surface area contributed by atoms with Crippen LogP contribution in [0.1, 0.15) is 31.2 Å². The quantitative estimate of drug-likeness (QED) is 0.748. The first-order chi connectivity index (χ1) is 8.78. The Morgan fingerprint density at radius 3 is 2.44 bits per heavy atom. The minimum absolute atomic E-state index is 0.226. The van der Waals surface area contributed by atoms with Crippen molar-refractivity contribution in [2.24, 2.45) is 0 Å². The van der Waals surface area contributed by atoms with Crippen LogP contribution in [0.15, 0.2) is 30.3 Å². The van der Waals surface area contributed by atoms with Crippen LogP contribution in [0.25, 0.3) is 0 Å². The lowest BCUT2D eigenvalue weighted by Crippen LogP contribution is -2.41. The first-order valence-electron chi connectivity index (χ1n) is 6.70. The fourth-order valence-electron chi connectivity index (χ4n) is 2.71. The van der Waals surface area contributed by atoms with E-state index in [1.807, 2.05) is 23.1 Å². The highest BCUT2D eigenvalue weighted by Gasteiger charge is 2.54. The summed E-state index contributed by atoms with van der Waals surface area (Å²) in [7, 11) is 0. The molecule has 96 valence electrons. The van der Waals surface area contributed by atoms with Gasteiger partial charge in [-0.1, -0.05) is 30.3 Å². The smallest absolute Gasteiger partial charge is 0.233 e. The van der Waals surface area contributed by atoms with Gasteiger partial charge in [-0.15, -0.1) is 11.6 Å². The largest absolute Gasteiger partial charge is 0.338 e. The van der Waals surface area contributed by atoms with Gasteiger partial charge >= 0.3 is 0 Å². The lowest BCUT2D eigenvalue weighted by molar-refractivity contribution is -0.134. The zero-order valence-corrected chi connectivity index (χ0v) is 11.2. The monoisotopic (exact) mass is 263 g/mol. The molecule has 0 spiro atoms. The molecule has 3 rings (SSSR count). The number of carbonyl (C=O) groups is 1. The van der Waals surface area contributed by atoms with Crippen molar-refractivity contribution >= 4 is 17.5 Å². The van der Waals surface area contributed by atoms with Gasteiger partial charge < -0.3 is 4.90 Å². The van der Waals surface area contributed by atoms with Crippen LogP contribution >= 0.6 is 11.6 Å². The third-order valence-electron chi connectivity index (χ3n) is 4.06. The number of rotatable bonds is 5. The van der Waals surface area contributed by atoms with E-state index in [-0.39, 0.29) is 5.41 Å². The Kier molecular flexibility index (Phi) is 3.06. The summed E-state index contributed by atoms with van der Waals surface area (Å²) in [6.07, 6.45) is 4.27. The summed E-state index contributed by atoms with van der Waals surface area (Å²) < 4.78 is 0. The summed E-state index contributed by atoms with van der Waals surface area (Å²) in [5.74, 6) is 0.837. The molecule has 3 heteroatoms. The van der Waals surface area contributed by atoms with Crippen LogP contribution in [0, 0.1) is 0 Å². The van der Waals surface area contributed by atoms with Crippen LogP contribution in [-0.2, 0) is 10.2 Å². The van der Waals surface area contributed by atoms with Crippen LogP contribution in [-0.4, -0.2) is 29.3 Å². The zero-order chi connectivity index (χ0) is 12.6. The van der Waals surface area contributed by atoms with Crippen LogP contribution in [0.4, 0.5) is 0 Å². The number of halogens is 1. The zero-order valence-electron chi connectivity index (χ0n) is 10.4. The number of benzene rings is 1. The van der Waals surface area contributed by atoms with Gasteiger partial charge in [0, 0.05) is 18.5 Å². The molecular formula is C15H18ClNO. The van der Waals surface area contributed by atoms with Crippen molar-refractivity contribution in [3.8, 4) is 0 Å². The van der Waals surface area contributed by atoms with Crippen LogP contribution in [0.5, 0.6) is 0 Å². The maximum absolute atomic E-state index is 12.8. The van der Waals surface area contributed by atoms with Crippen molar-refractivity contribution in [2.45, 2.75) is 37.1 Å². The first kappa shape index (κ1) is 12.0. The Balaban J connectivity index is 1.83. The second-order valence-corrected chi connectivity index (χ2v) is 5.74. The molecular weight excluding hydrogens is 246 g/mol. The van der Waals surface area contributed by atoms with Gasteiger partial charge in [0.05, 0.1) is 5.41 Å². The summed E-state index contributed by atoms with van der Waals surface area (Å²) in [6, 6.07) is 10.7. The molecule has 0 atom stereocenters. The van der Waals surface area contributed by atoms with E-state index in [2.05, 4.69) is 12.1 Å². The van der Waals surface area contributed by atoms with E-state index in [1.54, 1.807) is 0 Å². The predicted octanol–water partition coefficient (Wildman–Crippen LogP) is 2.95. The highest BCUT2D eigenvalue weighted by atomic mass is 35.5. The molecule has 2 aliphatic rings. The summed E-state index contributed by atoms with van der Waals surface area (Å²) in [5, 5.41) is 0. The van der Waals surface area contributed by atoms with E-state index in [1.165, 1.54) is 5.56 Å². The second kappa shape index (κ2) is 4.58. The maximum atomic E-state index is 12.8. The summed E-state index contributed by atoms with van der Waals surface area (Å²) >= 11 is 5.83. The third-order valence-corrected chi connectivity index (χ3v) is 4.23. The Morgan fingerprint density at radius 2 is 1.94 bits per heavy atom. The number of amides is 1. The normalized spacial score (nSPS) is 20.5. The van der Waals surface area contributed by atoms with Gasteiger partial charge in [-0.05, 0) is 31.2 Å². The fourth-order valence-corrected chi connectivity index (χ4v) is 2.89. The van der Waals surface area contributed by atoms with E-state index in [4.69, 9.17) is 11.6 Å². The van der Waals surface area contributed by atoms with Crippen molar-refractivity contribution in [3.05, 3.63) is 35.9 Å². The molecule has 1 aromatic rings. The van der Waals surface area contributed by atoms with E-state index in [9.17, 15) is 4.79 Å². The Hall–Kier alpha value is -1.02. The average molecular weight is 264 g/mol. The van der Waals surface area contributed by atoms with Crippen LogP contribution in [0.3, 0.4) is 0 Å². The molecule has 0 bridgehead atoms. The minimum atomic E-state index is -0.226. The van der Waals surface area contributed by atoms with Gasteiger partial charge in [-0.3, -0.25) is 4.79 Å². The van der Waals surface area contributed by atoms with Gasteiger partial charge in [-0.2, -0.15) is 0 Å². The molecule has 0 aliphatic heterocycles. The highest BCUT2D eigenvalue weighted by molar-refractivity contribution is 6.18. The molecule has 2 nitrogen and oxygen atoms in total. The van der Waals surface area contributed by atoms with Gasteiger partial charge in [0.15, 0.2) is 0 Å². The minimum Gasteiger partial charge on any atom is -0.338 e. The Bertz CT molecular complexity index is 437. The third kappa shape index (κ3) is 2.03. The molecule has 18 heavy (non-hydrogen) atoms. The summed E-state index contributed by atoms with van der Waals surface area (Å²) in [4.78, 5) is 14.8. The van der Waals surface area contributed by atoms with Crippen molar-refractivity contribution in [2.75, 3.05) is 12.4 Å². The SMILES string of the molecule is O=C(N(CCCl)C1CC1)C1(c2ccccc2)CC1. The maximum Gasteiger partial charge on any atom is 0.233 e. The van der Waals surface area contributed by atoms with Crippen LogP contribution in [0.2, 0.25) is 0 Å². The number of hydrogen-bond acceptors (Lipinski definition) is 1. The second-order valence-electron chi connectivity index (χ2n) is 5.37. The summed E-state index contributed by atoms with van der Waals surface area (Å²) in [5.41, 5.74) is 0.950. The van der Waals surface area contributed by atoms with Crippen molar-refractivity contribution in [3.63, 3.8) is 0 Å². The predicted molar refractivity (Wildman–Crippen MR) is 72.8 cm³/mol. The molecule has 0 unspecified atom stereocenters. The fraction of sp³-hybridized carbons (Fsp3) is 0.533. The lowest BCUT2D eigenvalue weighted by atomic mass is 9.94. The Morgan fingerprint density at radius 1 is 1.28 bits per heavy atom. The molecule has 0 heterocycles. The number of carbonyl (C=O) groups excluding carboxylic acids is 1. The number of hydrogen-bond donors (Lipinski definition) is 0. The Labute approximate surface area is 113 Å². The van der Waals surface area contributed by atoms with Gasteiger partial charge in [-0.25, -0.2) is 0 Å². The van der Waals surface area contributed by atoms with Gasteiger partial charge in [0.25, 0.3) is 0 Å². The number of nitrogens with zero attached hydrogens (tertiary/aromatic N) is 1.